The number of rotatable bonds is 4. The Morgan fingerprint density at radius 3 is 2.30 bits per heavy atom. The molecule has 0 saturated heterocycles. The zero-order valence-corrected chi connectivity index (χ0v) is 12.7. The molecule has 1 aromatic carbocycles. The number of hydrogen-bond acceptors (Lipinski definition) is 2. The molecule has 0 atom stereocenters. The summed E-state index contributed by atoms with van der Waals surface area (Å²) in [5.74, 6) is 0.985. The van der Waals surface area contributed by atoms with Gasteiger partial charge in [0.05, 0.1) is 5.54 Å². The molecular weight excluding hydrogens is 246 g/mol. The second-order valence-corrected chi connectivity index (χ2v) is 6.68. The minimum Gasteiger partial charge on any atom is -0.297 e. The van der Waals surface area contributed by atoms with Crippen molar-refractivity contribution in [3.05, 3.63) is 35.4 Å². The van der Waals surface area contributed by atoms with E-state index in [1.165, 1.54) is 37.7 Å². The smallest absolute Gasteiger partial charge is 0.183 e. The van der Waals surface area contributed by atoms with Crippen LogP contribution in [0, 0.1) is 0 Å². The Morgan fingerprint density at radius 2 is 1.75 bits per heavy atom. The van der Waals surface area contributed by atoms with E-state index in [4.69, 9.17) is 0 Å². The van der Waals surface area contributed by atoms with E-state index in [-0.39, 0.29) is 5.54 Å². The fraction of sp³-hybridized carbons (Fsp3) is 0.611. The molecule has 0 aliphatic heterocycles. The summed E-state index contributed by atoms with van der Waals surface area (Å²) in [6.45, 7) is 0. The number of benzene rings is 1. The fourth-order valence-electron chi connectivity index (χ4n) is 3.87. The van der Waals surface area contributed by atoms with Crippen LogP contribution >= 0.6 is 0 Å². The van der Waals surface area contributed by atoms with Crippen LogP contribution in [0.25, 0.3) is 0 Å². The van der Waals surface area contributed by atoms with Crippen molar-refractivity contribution in [1.82, 2.24) is 4.90 Å². The summed E-state index contributed by atoms with van der Waals surface area (Å²) in [7, 11) is 4.13. The number of ketones is 1. The first kappa shape index (κ1) is 13.8. The maximum atomic E-state index is 13.2. The van der Waals surface area contributed by atoms with Gasteiger partial charge in [-0.3, -0.25) is 9.69 Å². The number of carbonyl (C=O) groups is 1. The van der Waals surface area contributed by atoms with Crippen LogP contribution in [0.4, 0.5) is 0 Å². The van der Waals surface area contributed by atoms with Gasteiger partial charge in [-0.05, 0) is 51.3 Å². The van der Waals surface area contributed by atoms with Gasteiger partial charge in [-0.1, -0.05) is 43.5 Å². The van der Waals surface area contributed by atoms with Crippen molar-refractivity contribution >= 4 is 5.78 Å². The van der Waals surface area contributed by atoms with E-state index in [9.17, 15) is 4.79 Å². The summed E-state index contributed by atoms with van der Waals surface area (Å²) in [6.07, 6.45) is 8.19. The lowest BCUT2D eigenvalue weighted by atomic mass is 9.75. The molecule has 0 radical (unpaired) electrons. The molecule has 2 saturated carbocycles. The van der Waals surface area contributed by atoms with Crippen molar-refractivity contribution in [2.24, 2.45) is 0 Å². The molecule has 20 heavy (non-hydrogen) atoms. The van der Waals surface area contributed by atoms with E-state index in [0.29, 0.717) is 11.7 Å². The quantitative estimate of drug-likeness (QED) is 0.771. The van der Waals surface area contributed by atoms with Crippen molar-refractivity contribution in [3.8, 4) is 0 Å². The van der Waals surface area contributed by atoms with Crippen LogP contribution in [0.5, 0.6) is 0 Å². The normalized spacial score (nSPS) is 21.9. The third kappa shape index (κ3) is 2.10. The molecule has 0 bridgehead atoms. The molecular formula is C18H25NO. The van der Waals surface area contributed by atoms with Gasteiger partial charge in [0.1, 0.15) is 0 Å². The van der Waals surface area contributed by atoms with Gasteiger partial charge < -0.3 is 0 Å². The fourth-order valence-corrected chi connectivity index (χ4v) is 3.87. The highest BCUT2D eigenvalue weighted by molar-refractivity contribution is 6.04. The zero-order chi connectivity index (χ0) is 14.2. The van der Waals surface area contributed by atoms with Crippen LogP contribution < -0.4 is 0 Å². The molecule has 108 valence electrons. The summed E-state index contributed by atoms with van der Waals surface area (Å²) < 4.78 is 0. The van der Waals surface area contributed by atoms with Crippen LogP contribution in [0.3, 0.4) is 0 Å². The highest BCUT2D eigenvalue weighted by Crippen LogP contribution is 2.42. The van der Waals surface area contributed by atoms with Crippen molar-refractivity contribution in [3.63, 3.8) is 0 Å². The maximum Gasteiger partial charge on any atom is 0.183 e. The molecule has 0 N–H and O–H groups in total. The highest BCUT2D eigenvalue weighted by Gasteiger charge is 2.44. The first-order valence-corrected chi connectivity index (χ1v) is 7.96. The molecule has 0 aromatic heterocycles. The first-order chi connectivity index (χ1) is 9.65. The van der Waals surface area contributed by atoms with E-state index >= 15 is 0 Å². The van der Waals surface area contributed by atoms with Crippen LogP contribution in [0.15, 0.2) is 24.3 Å². The van der Waals surface area contributed by atoms with Gasteiger partial charge in [0.25, 0.3) is 0 Å². The van der Waals surface area contributed by atoms with Gasteiger partial charge in [0.2, 0.25) is 0 Å². The summed E-state index contributed by atoms with van der Waals surface area (Å²) in [6, 6.07) is 8.34. The van der Waals surface area contributed by atoms with Gasteiger partial charge in [-0.25, -0.2) is 0 Å². The van der Waals surface area contributed by atoms with Crippen molar-refractivity contribution in [2.75, 3.05) is 14.1 Å². The van der Waals surface area contributed by atoms with Gasteiger partial charge in [-0.15, -0.1) is 0 Å². The zero-order valence-electron chi connectivity index (χ0n) is 12.7. The standard InChI is InChI=1S/C18H25NO/c1-19(2)18(12-5-6-13-18)17(20)16-11-4-3-10-15(16)14-8-7-9-14/h3-4,10-11,14H,5-9,12-13H2,1-2H3. The SMILES string of the molecule is CN(C)C1(C(=O)c2ccccc2C2CCC2)CCCC1. The lowest BCUT2D eigenvalue weighted by Crippen LogP contribution is -2.49. The Kier molecular flexibility index (Phi) is 3.68. The molecule has 0 unspecified atom stereocenters. The Morgan fingerprint density at radius 1 is 1.10 bits per heavy atom. The van der Waals surface area contributed by atoms with Crippen molar-refractivity contribution < 1.29 is 4.79 Å². The molecule has 2 aliphatic rings. The van der Waals surface area contributed by atoms with Crippen LogP contribution in [0.1, 0.15) is 66.8 Å². The molecule has 2 aliphatic carbocycles. The molecule has 0 amide bonds. The molecule has 2 heteroatoms. The number of carbonyl (C=O) groups excluding carboxylic acids is 1. The lowest BCUT2D eigenvalue weighted by molar-refractivity contribution is 0.0691. The topological polar surface area (TPSA) is 20.3 Å². The van der Waals surface area contributed by atoms with Gasteiger partial charge in [0.15, 0.2) is 5.78 Å². The van der Waals surface area contributed by atoms with E-state index in [2.05, 4.69) is 37.2 Å². The van der Waals surface area contributed by atoms with E-state index < -0.39 is 0 Å². The summed E-state index contributed by atoms with van der Waals surface area (Å²) in [4.78, 5) is 15.4. The second-order valence-electron chi connectivity index (χ2n) is 6.68. The molecule has 2 fully saturated rings. The Hall–Kier alpha value is -1.15. The molecule has 0 spiro atoms. The van der Waals surface area contributed by atoms with E-state index in [1.54, 1.807) is 0 Å². The van der Waals surface area contributed by atoms with Gasteiger partial charge in [0, 0.05) is 5.56 Å². The Labute approximate surface area is 122 Å². The number of Topliss-reactive ketones (excluding diaryl/α,β-unsaturated/α-hetero) is 1. The molecule has 2 nitrogen and oxygen atoms in total. The molecule has 3 rings (SSSR count). The number of likely N-dealkylation sites (N-methyl/N-ethyl adjacent to an activating group) is 1. The summed E-state index contributed by atoms with van der Waals surface area (Å²) in [5.41, 5.74) is 2.05. The van der Waals surface area contributed by atoms with Crippen molar-refractivity contribution in [2.45, 2.75) is 56.4 Å². The third-order valence-electron chi connectivity index (χ3n) is 5.46. The van der Waals surface area contributed by atoms with Crippen LogP contribution in [-0.2, 0) is 0 Å². The van der Waals surface area contributed by atoms with Crippen LogP contribution in [0.2, 0.25) is 0 Å². The Bertz CT molecular complexity index is 496. The number of hydrogen-bond donors (Lipinski definition) is 0. The average molecular weight is 271 g/mol. The maximum absolute atomic E-state index is 13.2. The predicted octanol–water partition coefficient (Wildman–Crippen LogP) is 4.01. The Balaban J connectivity index is 1.97. The second kappa shape index (κ2) is 5.33. The van der Waals surface area contributed by atoms with Crippen LogP contribution in [-0.4, -0.2) is 30.3 Å². The van der Waals surface area contributed by atoms with E-state index in [1.807, 2.05) is 6.07 Å². The summed E-state index contributed by atoms with van der Waals surface area (Å²) in [5, 5.41) is 0. The van der Waals surface area contributed by atoms with Crippen molar-refractivity contribution in [1.29, 1.82) is 0 Å². The third-order valence-corrected chi connectivity index (χ3v) is 5.46. The first-order valence-electron chi connectivity index (χ1n) is 7.96. The molecule has 0 heterocycles. The average Bonchev–Trinajstić information content (AvgIpc) is 2.87. The van der Waals surface area contributed by atoms with E-state index in [0.717, 1.165) is 18.4 Å². The minimum atomic E-state index is -0.250. The van der Waals surface area contributed by atoms with Gasteiger partial charge in [-0.2, -0.15) is 0 Å². The van der Waals surface area contributed by atoms with Gasteiger partial charge >= 0.3 is 0 Å². The minimum absolute atomic E-state index is 0.250. The highest BCUT2D eigenvalue weighted by atomic mass is 16.1. The predicted molar refractivity (Wildman–Crippen MR) is 82.3 cm³/mol. The largest absolute Gasteiger partial charge is 0.297 e. The monoisotopic (exact) mass is 271 g/mol. The summed E-state index contributed by atoms with van der Waals surface area (Å²) >= 11 is 0. The lowest BCUT2D eigenvalue weighted by Gasteiger charge is -2.36. The molecule has 1 aromatic rings. The number of nitrogens with zero attached hydrogens (tertiary/aromatic N) is 1.